The van der Waals surface area contributed by atoms with Crippen molar-refractivity contribution in [2.24, 2.45) is 5.92 Å². The second-order valence-corrected chi connectivity index (χ2v) is 5.04. The van der Waals surface area contributed by atoms with Crippen molar-refractivity contribution in [3.8, 4) is 0 Å². The first kappa shape index (κ1) is 13.1. The van der Waals surface area contributed by atoms with Gasteiger partial charge in [0, 0.05) is 26.1 Å². The summed E-state index contributed by atoms with van der Waals surface area (Å²) in [5.41, 5.74) is 1.38. The maximum absolute atomic E-state index is 11.9. The Hall–Kier alpha value is -1.35. The molecule has 0 aliphatic carbocycles. The van der Waals surface area contributed by atoms with E-state index < -0.39 is 0 Å². The van der Waals surface area contributed by atoms with Gasteiger partial charge in [-0.3, -0.25) is 4.79 Å². The highest BCUT2D eigenvalue weighted by Gasteiger charge is 2.25. The van der Waals surface area contributed by atoms with Crippen molar-refractivity contribution in [3.05, 3.63) is 35.9 Å². The average Bonchev–Trinajstić information content (AvgIpc) is 2.86. The first-order valence-electron chi connectivity index (χ1n) is 6.76. The van der Waals surface area contributed by atoms with E-state index >= 15 is 0 Å². The largest absolute Gasteiger partial charge is 0.342 e. The van der Waals surface area contributed by atoms with Gasteiger partial charge in [-0.05, 0) is 31.4 Å². The quantitative estimate of drug-likeness (QED) is 0.857. The van der Waals surface area contributed by atoms with Crippen LogP contribution in [-0.2, 0) is 11.2 Å². The highest BCUT2D eigenvalue weighted by Crippen LogP contribution is 2.21. The maximum Gasteiger partial charge on any atom is 0.223 e. The zero-order valence-corrected chi connectivity index (χ0v) is 11.1. The topological polar surface area (TPSA) is 32.3 Å². The van der Waals surface area contributed by atoms with Gasteiger partial charge in [-0.25, -0.2) is 0 Å². The summed E-state index contributed by atoms with van der Waals surface area (Å²) in [6.07, 6.45) is 2.85. The number of amides is 1. The number of benzene rings is 1. The monoisotopic (exact) mass is 246 g/mol. The van der Waals surface area contributed by atoms with Crippen LogP contribution in [0.1, 0.15) is 18.4 Å². The lowest BCUT2D eigenvalue weighted by Gasteiger charge is -2.16. The Morgan fingerprint density at radius 3 is 2.89 bits per heavy atom. The molecular formula is C15H22N2O. The molecule has 0 spiro atoms. The number of carbonyl (C=O) groups excluding carboxylic acids is 1. The summed E-state index contributed by atoms with van der Waals surface area (Å²) < 4.78 is 0. The fraction of sp³-hybridized carbons (Fsp3) is 0.533. The molecule has 1 heterocycles. The predicted octanol–water partition coefficient (Wildman–Crippen LogP) is 1.69. The number of likely N-dealkylation sites (tertiary alicyclic amines) is 1. The molecule has 0 radical (unpaired) electrons. The second kappa shape index (κ2) is 6.55. The minimum atomic E-state index is 0.292. The van der Waals surface area contributed by atoms with E-state index in [9.17, 15) is 4.79 Å². The second-order valence-electron chi connectivity index (χ2n) is 5.04. The van der Waals surface area contributed by atoms with Crippen LogP contribution in [0.2, 0.25) is 0 Å². The molecule has 98 valence electrons. The van der Waals surface area contributed by atoms with Crippen LogP contribution in [0.4, 0.5) is 0 Å². The predicted molar refractivity (Wildman–Crippen MR) is 73.4 cm³/mol. The minimum Gasteiger partial charge on any atom is -0.342 e. The van der Waals surface area contributed by atoms with Gasteiger partial charge in [-0.2, -0.15) is 0 Å². The summed E-state index contributed by atoms with van der Waals surface area (Å²) in [4.78, 5) is 13.9. The van der Waals surface area contributed by atoms with Gasteiger partial charge in [0.05, 0.1) is 0 Å². The van der Waals surface area contributed by atoms with Crippen LogP contribution in [-0.4, -0.2) is 37.5 Å². The number of rotatable bonds is 5. The molecule has 1 aromatic carbocycles. The molecule has 2 rings (SSSR count). The molecule has 1 aromatic rings. The van der Waals surface area contributed by atoms with Gasteiger partial charge in [0.15, 0.2) is 0 Å². The third-order valence-corrected chi connectivity index (χ3v) is 3.59. The molecule has 1 atom stereocenters. The SMILES string of the molecule is CNCCC(=O)N1CCC(Cc2ccccc2)C1. The van der Waals surface area contributed by atoms with Crippen molar-refractivity contribution in [1.82, 2.24) is 10.2 Å². The summed E-state index contributed by atoms with van der Waals surface area (Å²) in [5.74, 6) is 0.922. The van der Waals surface area contributed by atoms with E-state index in [4.69, 9.17) is 0 Å². The Morgan fingerprint density at radius 2 is 2.17 bits per heavy atom. The molecule has 1 unspecified atom stereocenters. The van der Waals surface area contributed by atoms with Crippen molar-refractivity contribution < 1.29 is 4.79 Å². The average molecular weight is 246 g/mol. The van der Waals surface area contributed by atoms with Crippen LogP contribution in [0.25, 0.3) is 0 Å². The number of carbonyl (C=O) groups is 1. The van der Waals surface area contributed by atoms with E-state index in [0.29, 0.717) is 18.2 Å². The molecule has 3 heteroatoms. The molecular weight excluding hydrogens is 224 g/mol. The van der Waals surface area contributed by atoms with Crippen LogP contribution >= 0.6 is 0 Å². The molecule has 18 heavy (non-hydrogen) atoms. The van der Waals surface area contributed by atoms with E-state index in [1.54, 1.807) is 0 Å². The van der Waals surface area contributed by atoms with Gasteiger partial charge in [0.2, 0.25) is 5.91 Å². The molecule has 0 bridgehead atoms. The molecule has 0 saturated carbocycles. The summed E-state index contributed by atoms with van der Waals surface area (Å²) in [6, 6.07) is 10.6. The Bertz CT molecular complexity index is 377. The van der Waals surface area contributed by atoms with Gasteiger partial charge < -0.3 is 10.2 Å². The lowest BCUT2D eigenvalue weighted by atomic mass is 9.99. The highest BCUT2D eigenvalue weighted by molar-refractivity contribution is 5.76. The van der Waals surface area contributed by atoms with Crippen molar-refractivity contribution in [1.29, 1.82) is 0 Å². The van der Waals surface area contributed by atoms with E-state index in [-0.39, 0.29) is 0 Å². The Balaban J connectivity index is 1.80. The Kier molecular flexibility index (Phi) is 4.76. The fourth-order valence-corrected chi connectivity index (χ4v) is 2.56. The number of hydrogen-bond donors (Lipinski definition) is 1. The summed E-state index contributed by atoms with van der Waals surface area (Å²) in [5, 5.41) is 3.03. The number of nitrogens with one attached hydrogen (secondary N) is 1. The maximum atomic E-state index is 11.9. The van der Waals surface area contributed by atoms with Gasteiger partial charge >= 0.3 is 0 Å². The van der Waals surface area contributed by atoms with E-state index in [2.05, 4.69) is 29.6 Å². The molecule has 1 aliphatic heterocycles. The molecule has 0 aromatic heterocycles. The van der Waals surface area contributed by atoms with Crippen LogP contribution in [0.3, 0.4) is 0 Å². The van der Waals surface area contributed by atoms with Crippen LogP contribution in [0, 0.1) is 5.92 Å². The van der Waals surface area contributed by atoms with E-state index in [1.165, 1.54) is 5.56 Å². The van der Waals surface area contributed by atoms with Crippen molar-refractivity contribution in [2.75, 3.05) is 26.7 Å². The van der Waals surface area contributed by atoms with Gasteiger partial charge in [-0.1, -0.05) is 30.3 Å². The molecule has 1 N–H and O–H groups in total. The zero-order valence-electron chi connectivity index (χ0n) is 11.1. The third kappa shape index (κ3) is 3.57. The van der Waals surface area contributed by atoms with Gasteiger partial charge in [-0.15, -0.1) is 0 Å². The van der Waals surface area contributed by atoms with Crippen LogP contribution < -0.4 is 5.32 Å². The fourth-order valence-electron chi connectivity index (χ4n) is 2.56. The standard InChI is InChI=1S/C15H22N2O/c1-16-9-7-15(18)17-10-8-14(12-17)11-13-5-3-2-4-6-13/h2-6,14,16H,7-12H2,1H3. The molecule has 1 aliphatic rings. The summed E-state index contributed by atoms with van der Waals surface area (Å²) >= 11 is 0. The molecule has 1 amide bonds. The summed E-state index contributed by atoms with van der Waals surface area (Å²) in [6.45, 7) is 2.64. The number of nitrogens with zero attached hydrogens (tertiary/aromatic N) is 1. The first-order valence-corrected chi connectivity index (χ1v) is 6.76. The summed E-state index contributed by atoms with van der Waals surface area (Å²) in [7, 11) is 1.88. The lowest BCUT2D eigenvalue weighted by Crippen LogP contribution is -2.31. The van der Waals surface area contributed by atoms with E-state index in [0.717, 1.165) is 32.5 Å². The highest BCUT2D eigenvalue weighted by atomic mass is 16.2. The molecule has 1 fully saturated rings. The van der Waals surface area contributed by atoms with Crippen LogP contribution in [0.5, 0.6) is 0 Å². The lowest BCUT2D eigenvalue weighted by molar-refractivity contribution is -0.130. The Morgan fingerprint density at radius 1 is 1.39 bits per heavy atom. The van der Waals surface area contributed by atoms with Crippen molar-refractivity contribution in [3.63, 3.8) is 0 Å². The zero-order chi connectivity index (χ0) is 12.8. The van der Waals surface area contributed by atoms with Crippen molar-refractivity contribution in [2.45, 2.75) is 19.3 Å². The smallest absolute Gasteiger partial charge is 0.223 e. The minimum absolute atomic E-state index is 0.292. The van der Waals surface area contributed by atoms with Crippen molar-refractivity contribution >= 4 is 5.91 Å². The molecule has 3 nitrogen and oxygen atoms in total. The van der Waals surface area contributed by atoms with Crippen LogP contribution in [0.15, 0.2) is 30.3 Å². The van der Waals surface area contributed by atoms with Gasteiger partial charge in [0.25, 0.3) is 0 Å². The third-order valence-electron chi connectivity index (χ3n) is 3.59. The number of hydrogen-bond acceptors (Lipinski definition) is 2. The van der Waals surface area contributed by atoms with E-state index in [1.807, 2.05) is 18.0 Å². The molecule has 1 saturated heterocycles. The van der Waals surface area contributed by atoms with Gasteiger partial charge in [0.1, 0.15) is 0 Å². The first-order chi connectivity index (χ1) is 8.79. The Labute approximate surface area is 109 Å². The normalized spacial score (nSPS) is 19.2.